The standard InChI is InChI=1S/C12H11FIN3O2S/c13-7-1-3-11(9(14)5-7)17-12-4-2-8(6-10(12)15)20(16,18)19/h1-6,17H,15H2,(H2,16,18,19). The van der Waals surface area contributed by atoms with Crippen LogP contribution in [0.15, 0.2) is 41.3 Å². The number of hydrogen-bond donors (Lipinski definition) is 3. The summed E-state index contributed by atoms with van der Waals surface area (Å²) in [5, 5.41) is 8.03. The van der Waals surface area contributed by atoms with Crippen molar-refractivity contribution in [2.24, 2.45) is 5.14 Å². The van der Waals surface area contributed by atoms with Gasteiger partial charge in [0.05, 0.1) is 22.0 Å². The second kappa shape index (κ2) is 5.54. The van der Waals surface area contributed by atoms with E-state index in [4.69, 9.17) is 10.9 Å². The summed E-state index contributed by atoms with van der Waals surface area (Å²) in [5.41, 5.74) is 7.20. The number of halogens is 2. The fourth-order valence-electron chi connectivity index (χ4n) is 1.57. The number of rotatable bonds is 3. The molecule has 2 rings (SSSR count). The highest BCUT2D eigenvalue weighted by Crippen LogP contribution is 2.28. The van der Waals surface area contributed by atoms with Crippen LogP contribution in [0.5, 0.6) is 0 Å². The number of nitrogens with one attached hydrogen (secondary N) is 1. The van der Waals surface area contributed by atoms with Crippen LogP contribution in [-0.2, 0) is 10.0 Å². The van der Waals surface area contributed by atoms with Gasteiger partial charge in [-0.2, -0.15) is 0 Å². The summed E-state index contributed by atoms with van der Waals surface area (Å²) < 4.78 is 36.1. The van der Waals surface area contributed by atoms with Crippen LogP contribution in [0.4, 0.5) is 21.5 Å². The molecule has 0 saturated carbocycles. The summed E-state index contributed by atoms with van der Waals surface area (Å²) in [6.07, 6.45) is 0. The van der Waals surface area contributed by atoms with Gasteiger partial charge >= 0.3 is 0 Å². The Morgan fingerprint density at radius 3 is 2.30 bits per heavy atom. The summed E-state index contributed by atoms with van der Waals surface area (Å²) in [4.78, 5) is -0.0608. The molecule has 0 saturated heterocycles. The molecule has 2 aromatic rings. The Labute approximate surface area is 129 Å². The Bertz CT molecular complexity index is 765. The molecule has 20 heavy (non-hydrogen) atoms. The molecular weight excluding hydrogens is 396 g/mol. The van der Waals surface area contributed by atoms with Crippen LogP contribution in [0.3, 0.4) is 0 Å². The lowest BCUT2D eigenvalue weighted by atomic mass is 10.2. The first-order valence-electron chi connectivity index (χ1n) is 5.42. The van der Waals surface area contributed by atoms with Gasteiger partial charge in [-0.1, -0.05) is 0 Å². The Hall–Kier alpha value is -1.39. The van der Waals surface area contributed by atoms with Crippen molar-refractivity contribution in [2.45, 2.75) is 4.90 Å². The average Bonchev–Trinajstić information content (AvgIpc) is 2.33. The first kappa shape index (κ1) is 15.0. The van der Waals surface area contributed by atoms with E-state index in [2.05, 4.69) is 5.32 Å². The molecule has 0 bridgehead atoms. The zero-order valence-electron chi connectivity index (χ0n) is 10.1. The van der Waals surface area contributed by atoms with Crippen LogP contribution >= 0.6 is 22.6 Å². The van der Waals surface area contributed by atoms with E-state index in [1.807, 2.05) is 22.6 Å². The summed E-state index contributed by atoms with van der Waals surface area (Å²) >= 11 is 1.98. The molecule has 0 heterocycles. The summed E-state index contributed by atoms with van der Waals surface area (Å²) in [7, 11) is -3.79. The van der Waals surface area contributed by atoms with Crippen LogP contribution in [0.2, 0.25) is 0 Å². The number of nitrogen functional groups attached to an aromatic ring is 1. The normalized spacial score (nSPS) is 11.3. The van der Waals surface area contributed by atoms with Gasteiger partial charge in [-0.15, -0.1) is 0 Å². The molecule has 0 fully saturated rings. The van der Waals surface area contributed by atoms with Gasteiger partial charge in [0.2, 0.25) is 10.0 Å². The molecule has 0 aliphatic carbocycles. The molecule has 5 N–H and O–H groups in total. The number of anilines is 3. The maximum absolute atomic E-state index is 13.0. The Morgan fingerprint density at radius 2 is 1.75 bits per heavy atom. The van der Waals surface area contributed by atoms with Gasteiger partial charge in [-0.25, -0.2) is 17.9 Å². The molecule has 106 valence electrons. The molecule has 0 amide bonds. The van der Waals surface area contributed by atoms with Crippen molar-refractivity contribution in [3.63, 3.8) is 0 Å². The van der Waals surface area contributed by atoms with Gasteiger partial charge in [0.25, 0.3) is 0 Å². The van der Waals surface area contributed by atoms with Crippen molar-refractivity contribution in [2.75, 3.05) is 11.1 Å². The number of sulfonamides is 1. The molecule has 0 aliphatic heterocycles. The quantitative estimate of drug-likeness (QED) is 0.538. The van der Waals surface area contributed by atoms with Crippen molar-refractivity contribution in [1.29, 1.82) is 0 Å². The molecule has 0 aromatic heterocycles. The van der Waals surface area contributed by atoms with Crippen molar-refractivity contribution in [1.82, 2.24) is 0 Å². The zero-order chi connectivity index (χ0) is 14.9. The minimum Gasteiger partial charge on any atom is -0.397 e. The number of benzene rings is 2. The fourth-order valence-corrected chi connectivity index (χ4v) is 2.73. The molecule has 2 aromatic carbocycles. The zero-order valence-corrected chi connectivity index (χ0v) is 13.1. The predicted octanol–water partition coefficient (Wildman–Crippen LogP) is 2.40. The molecule has 8 heteroatoms. The summed E-state index contributed by atoms with van der Waals surface area (Å²) in [6.45, 7) is 0. The lowest BCUT2D eigenvalue weighted by molar-refractivity contribution is 0.598. The van der Waals surface area contributed by atoms with Crippen LogP contribution in [0.1, 0.15) is 0 Å². The monoisotopic (exact) mass is 407 g/mol. The van der Waals surface area contributed by atoms with Crippen LogP contribution in [-0.4, -0.2) is 8.42 Å². The molecule has 0 aliphatic rings. The van der Waals surface area contributed by atoms with Gasteiger partial charge in [-0.05, 0) is 59.0 Å². The molecule has 0 radical (unpaired) electrons. The van der Waals surface area contributed by atoms with E-state index in [1.54, 1.807) is 6.07 Å². The third kappa shape index (κ3) is 3.38. The highest BCUT2D eigenvalue weighted by atomic mass is 127. The number of hydrogen-bond acceptors (Lipinski definition) is 4. The minimum absolute atomic E-state index is 0.0608. The van der Waals surface area contributed by atoms with Crippen molar-refractivity contribution in [3.8, 4) is 0 Å². The third-order valence-corrected chi connectivity index (χ3v) is 4.36. The first-order valence-corrected chi connectivity index (χ1v) is 8.04. The smallest absolute Gasteiger partial charge is 0.238 e. The minimum atomic E-state index is -3.79. The number of nitrogens with two attached hydrogens (primary N) is 2. The molecule has 0 atom stereocenters. The van der Waals surface area contributed by atoms with Gasteiger partial charge in [0, 0.05) is 3.57 Å². The largest absolute Gasteiger partial charge is 0.397 e. The maximum atomic E-state index is 13.0. The van der Waals surface area contributed by atoms with E-state index < -0.39 is 10.0 Å². The van der Waals surface area contributed by atoms with E-state index >= 15 is 0 Å². The predicted molar refractivity (Wildman–Crippen MR) is 84.6 cm³/mol. The molecule has 0 spiro atoms. The second-order valence-corrected chi connectivity index (χ2v) is 6.77. The van der Waals surface area contributed by atoms with Crippen LogP contribution in [0.25, 0.3) is 0 Å². The number of primary sulfonamides is 1. The molecular formula is C12H11FIN3O2S. The maximum Gasteiger partial charge on any atom is 0.238 e. The van der Waals surface area contributed by atoms with E-state index in [1.165, 1.54) is 30.3 Å². The SMILES string of the molecule is Nc1cc(S(N)(=O)=O)ccc1Nc1ccc(F)cc1I. The average molecular weight is 407 g/mol. The van der Waals surface area contributed by atoms with E-state index in [0.29, 0.717) is 14.9 Å². The van der Waals surface area contributed by atoms with Gasteiger partial charge in [0.15, 0.2) is 0 Å². The van der Waals surface area contributed by atoms with Crippen LogP contribution in [0, 0.1) is 9.39 Å². The van der Waals surface area contributed by atoms with Crippen molar-refractivity contribution < 1.29 is 12.8 Å². The van der Waals surface area contributed by atoms with Crippen molar-refractivity contribution in [3.05, 3.63) is 45.8 Å². The topological polar surface area (TPSA) is 98.2 Å². The second-order valence-electron chi connectivity index (χ2n) is 4.04. The highest BCUT2D eigenvalue weighted by Gasteiger charge is 2.11. The molecule has 0 unspecified atom stereocenters. The Morgan fingerprint density at radius 1 is 1.10 bits per heavy atom. The van der Waals surface area contributed by atoms with Crippen LogP contribution < -0.4 is 16.2 Å². The highest BCUT2D eigenvalue weighted by molar-refractivity contribution is 14.1. The Balaban J connectivity index is 2.35. The third-order valence-electron chi connectivity index (χ3n) is 2.55. The lowest BCUT2D eigenvalue weighted by Crippen LogP contribution is -2.12. The first-order chi connectivity index (χ1) is 9.27. The van der Waals surface area contributed by atoms with Gasteiger partial charge < -0.3 is 11.1 Å². The summed E-state index contributed by atoms with van der Waals surface area (Å²) in [6, 6.07) is 8.40. The Kier molecular flexibility index (Phi) is 4.16. The fraction of sp³-hybridized carbons (Fsp3) is 0. The lowest BCUT2D eigenvalue weighted by Gasteiger charge is -2.12. The van der Waals surface area contributed by atoms with E-state index in [-0.39, 0.29) is 16.4 Å². The van der Waals surface area contributed by atoms with Gasteiger partial charge in [-0.3, -0.25) is 0 Å². The van der Waals surface area contributed by atoms with E-state index in [9.17, 15) is 12.8 Å². The van der Waals surface area contributed by atoms with Gasteiger partial charge in [0.1, 0.15) is 5.82 Å². The molecule has 5 nitrogen and oxygen atoms in total. The summed E-state index contributed by atoms with van der Waals surface area (Å²) in [5.74, 6) is -0.336. The van der Waals surface area contributed by atoms with E-state index in [0.717, 1.165) is 0 Å². The van der Waals surface area contributed by atoms with Crippen molar-refractivity contribution >= 4 is 49.7 Å².